The van der Waals surface area contributed by atoms with Crippen LogP contribution in [0, 0.1) is 5.92 Å². The van der Waals surface area contributed by atoms with Crippen LogP contribution in [0.25, 0.3) is 0 Å². The summed E-state index contributed by atoms with van der Waals surface area (Å²) < 4.78 is 0. The van der Waals surface area contributed by atoms with Crippen LogP contribution in [0.1, 0.15) is 53.4 Å². The first-order chi connectivity index (χ1) is 6.44. The molecule has 0 unspecified atom stereocenters. The highest BCUT2D eigenvalue weighted by Crippen LogP contribution is 2.28. The maximum absolute atomic E-state index is 11.7. The Morgan fingerprint density at radius 3 is 2.50 bits per heavy atom. The molecule has 1 saturated carbocycles. The molecule has 2 heteroatoms. The van der Waals surface area contributed by atoms with Gasteiger partial charge in [-0.3, -0.25) is 4.79 Å². The minimum absolute atomic E-state index is 0.126. The van der Waals surface area contributed by atoms with Gasteiger partial charge in [0.05, 0.1) is 0 Å². The molecule has 0 saturated heterocycles. The van der Waals surface area contributed by atoms with Gasteiger partial charge < -0.3 is 5.32 Å². The average Bonchev–Trinajstić information content (AvgIpc) is 2.48. The summed E-state index contributed by atoms with van der Waals surface area (Å²) in [5.74, 6) is 0.712. The molecule has 0 amide bonds. The third-order valence-electron chi connectivity index (χ3n) is 2.90. The van der Waals surface area contributed by atoms with E-state index in [9.17, 15) is 4.79 Å². The van der Waals surface area contributed by atoms with E-state index in [4.69, 9.17) is 0 Å². The number of carbonyl (C=O) groups excluding carboxylic acids is 1. The first kappa shape index (κ1) is 11.7. The minimum Gasteiger partial charge on any atom is -0.309 e. The van der Waals surface area contributed by atoms with Gasteiger partial charge in [-0.25, -0.2) is 0 Å². The van der Waals surface area contributed by atoms with Crippen molar-refractivity contribution < 1.29 is 4.79 Å². The summed E-state index contributed by atoms with van der Waals surface area (Å²) in [7, 11) is 0. The lowest BCUT2D eigenvalue weighted by Crippen LogP contribution is -2.46. The lowest BCUT2D eigenvalue weighted by atomic mass is 9.94. The van der Waals surface area contributed by atoms with Crippen LogP contribution in [0.5, 0.6) is 0 Å². The molecule has 82 valence electrons. The van der Waals surface area contributed by atoms with E-state index < -0.39 is 0 Å². The van der Waals surface area contributed by atoms with Crippen molar-refractivity contribution in [2.75, 3.05) is 0 Å². The Labute approximate surface area is 87.5 Å². The molecule has 0 aromatic carbocycles. The number of hydrogen-bond acceptors (Lipinski definition) is 2. The number of Topliss-reactive ketones (excluding diaryl/α,β-unsaturated/α-hetero) is 1. The molecule has 1 aliphatic rings. The topological polar surface area (TPSA) is 29.1 Å². The monoisotopic (exact) mass is 197 g/mol. The Kier molecular flexibility index (Phi) is 3.71. The molecule has 1 rings (SSSR count). The van der Waals surface area contributed by atoms with E-state index >= 15 is 0 Å². The molecule has 2 atom stereocenters. The van der Waals surface area contributed by atoms with Gasteiger partial charge in [0, 0.05) is 23.9 Å². The standard InChI is InChI=1S/C12H23NO/c1-5-11(14)9-7-6-8-10(9)13-12(2,3)4/h9-10,13H,5-8H2,1-4H3/t9-,10-/m0/s1. The van der Waals surface area contributed by atoms with Crippen LogP contribution in [0.2, 0.25) is 0 Å². The summed E-state index contributed by atoms with van der Waals surface area (Å²) >= 11 is 0. The van der Waals surface area contributed by atoms with E-state index in [0.29, 0.717) is 18.2 Å². The highest BCUT2D eigenvalue weighted by atomic mass is 16.1. The van der Waals surface area contributed by atoms with E-state index in [1.165, 1.54) is 6.42 Å². The normalized spacial score (nSPS) is 28.0. The summed E-state index contributed by atoms with van der Waals surface area (Å²) in [6.45, 7) is 8.46. The zero-order valence-corrected chi connectivity index (χ0v) is 9.89. The summed E-state index contributed by atoms with van der Waals surface area (Å²) in [5, 5.41) is 3.56. The number of hydrogen-bond donors (Lipinski definition) is 1. The highest BCUT2D eigenvalue weighted by molar-refractivity contribution is 5.81. The molecule has 0 radical (unpaired) electrons. The van der Waals surface area contributed by atoms with Gasteiger partial charge in [0.1, 0.15) is 5.78 Å². The first-order valence-corrected chi connectivity index (χ1v) is 5.74. The SMILES string of the molecule is CCC(=O)[C@H]1CCC[C@@H]1NC(C)(C)C. The number of nitrogens with one attached hydrogen (secondary N) is 1. The van der Waals surface area contributed by atoms with Crippen molar-refractivity contribution in [2.45, 2.75) is 65.0 Å². The molecular formula is C12H23NO. The fourth-order valence-corrected chi connectivity index (χ4v) is 2.34. The minimum atomic E-state index is 0.126. The molecule has 0 heterocycles. The Morgan fingerprint density at radius 1 is 1.36 bits per heavy atom. The van der Waals surface area contributed by atoms with Crippen LogP contribution in [0.15, 0.2) is 0 Å². The zero-order valence-electron chi connectivity index (χ0n) is 9.89. The Bertz CT molecular complexity index is 205. The van der Waals surface area contributed by atoms with Crippen LogP contribution in [-0.4, -0.2) is 17.4 Å². The van der Waals surface area contributed by atoms with Crippen LogP contribution >= 0.6 is 0 Å². The Morgan fingerprint density at radius 2 is 2.00 bits per heavy atom. The average molecular weight is 197 g/mol. The second kappa shape index (κ2) is 4.43. The fraction of sp³-hybridized carbons (Fsp3) is 0.917. The number of ketones is 1. The van der Waals surface area contributed by atoms with Crippen molar-refractivity contribution in [1.29, 1.82) is 0 Å². The maximum Gasteiger partial charge on any atom is 0.137 e. The van der Waals surface area contributed by atoms with Gasteiger partial charge in [-0.2, -0.15) is 0 Å². The molecule has 1 fully saturated rings. The quantitative estimate of drug-likeness (QED) is 0.753. The van der Waals surface area contributed by atoms with E-state index in [2.05, 4.69) is 26.1 Å². The third-order valence-corrected chi connectivity index (χ3v) is 2.90. The fourth-order valence-electron chi connectivity index (χ4n) is 2.34. The highest BCUT2D eigenvalue weighted by Gasteiger charge is 2.33. The molecule has 14 heavy (non-hydrogen) atoms. The van der Waals surface area contributed by atoms with Crippen molar-refractivity contribution >= 4 is 5.78 Å². The van der Waals surface area contributed by atoms with Crippen molar-refractivity contribution in [3.8, 4) is 0 Å². The largest absolute Gasteiger partial charge is 0.309 e. The summed E-state index contributed by atoms with van der Waals surface area (Å²) in [5.41, 5.74) is 0.126. The molecule has 0 spiro atoms. The van der Waals surface area contributed by atoms with Gasteiger partial charge in [0.15, 0.2) is 0 Å². The molecular weight excluding hydrogens is 174 g/mol. The Balaban J connectivity index is 2.56. The van der Waals surface area contributed by atoms with E-state index in [1.807, 2.05) is 6.92 Å². The maximum atomic E-state index is 11.7. The van der Waals surface area contributed by atoms with Crippen LogP contribution in [-0.2, 0) is 4.79 Å². The van der Waals surface area contributed by atoms with Gasteiger partial charge in [-0.1, -0.05) is 13.3 Å². The smallest absolute Gasteiger partial charge is 0.137 e. The molecule has 1 N–H and O–H groups in total. The molecule has 0 bridgehead atoms. The number of rotatable bonds is 3. The lowest BCUT2D eigenvalue weighted by Gasteiger charge is -2.29. The molecule has 1 aliphatic carbocycles. The van der Waals surface area contributed by atoms with Gasteiger partial charge in [0.2, 0.25) is 0 Å². The third kappa shape index (κ3) is 3.09. The molecule has 2 nitrogen and oxygen atoms in total. The zero-order chi connectivity index (χ0) is 10.8. The van der Waals surface area contributed by atoms with Crippen molar-refractivity contribution in [3.63, 3.8) is 0 Å². The second-order valence-electron chi connectivity index (χ2n) is 5.36. The lowest BCUT2D eigenvalue weighted by molar-refractivity contribution is -0.123. The number of carbonyl (C=O) groups is 1. The van der Waals surface area contributed by atoms with Crippen molar-refractivity contribution in [3.05, 3.63) is 0 Å². The van der Waals surface area contributed by atoms with E-state index in [-0.39, 0.29) is 11.5 Å². The predicted octanol–water partition coefficient (Wildman–Crippen LogP) is 2.52. The second-order valence-corrected chi connectivity index (χ2v) is 5.36. The van der Waals surface area contributed by atoms with Crippen molar-refractivity contribution in [1.82, 2.24) is 5.32 Å². The van der Waals surface area contributed by atoms with Gasteiger partial charge in [-0.15, -0.1) is 0 Å². The Hall–Kier alpha value is -0.370. The van der Waals surface area contributed by atoms with E-state index in [0.717, 1.165) is 12.8 Å². The van der Waals surface area contributed by atoms with Crippen LogP contribution in [0.3, 0.4) is 0 Å². The predicted molar refractivity (Wildman–Crippen MR) is 59.3 cm³/mol. The van der Waals surface area contributed by atoms with Crippen LogP contribution in [0.4, 0.5) is 0 Å². The van der Waals surface area contributed by atoms with Crippen molar-refractivity contribution in [2.24, 2.45) is 5.92 Å². The molecule has 0 aromatic heterocycles. The molecule has 0 aromatic rings. The van der Waals surface area contributed by atoms with Gasteiger partial charge in [0.25, 0.3) is 0 Å². The summed E-state index contributed by atoms with van der Waals surface area (Å²) in [4.78, 5) is 11.7. The first-order valence-electron chi connectivity index (χ1n) is 5.74. The molecule has 0 aliphatic heterocycles. The van der Waals surface area contributed by atoms with E-state index in [1.54, 1.807) is 0 Å². The summed E-state index contributed by atoms with van der Waals surface area (Å²) in [6.07, 6.45) is 4.13. The summed E-state index contributed by atoms with van der Waals surface area (Å²) in [6, 6.07) is 0.419. The van der Waals surface area contributed by atoms with Gasteiger partial charge >= 0.3 is 0 Å². The van der Waals surface area contributed by atoms with Crippen LogP contribution < -0.4 is 5.32 Å². The van der Waals surface area contributed by atoms with Gasteiger partial charge in [-0.05, 0) is 33.6 Å².